The molecule has 8 rings (SSSR count). The molecule has 2 unspecified atom stereocenters. The second-order valence-electron chi connectivity index (χ2n) is 19.6. The molecule has 2 aliphatic heterocycles. The lowest BCUT2D eigenvalue weighted by Gasteiger charge is -2.27. The van der Waals surface area contributed by atoms with Gasteiger partial charge >= 0.3 is 18.1 Å². The standard InChI is InChI=1S/C27H35N5O3S2.C25H33N5O2S2.C4H3F3O3/c1-5-17(2)32(19(4)34)14-11-24(35)30-27-25(26-29-21-8-6-7-9-22(21)36-26)20-10-13-31(16-23(20)37-27)15-12-28-18(3)33;1-4-16(2)30(17(3)31)13-10-22(32)28-25-23(24-27-19-7-5-6-8-20(19)33-24)18-9-12-29(14-11-26)15-21(18)34-25;1-2(8)10-3(9)4(5,6)7/h6-9,17H,5,10-16H2,1-4H3,(H,28,33)(H,30,35);5-8,16H,4,9-15,26H2,1-3H3,(H,28,32);1H3. The van der Waals surface area contributed by atoms with Crippen molar-refractivity contribution < 1.29 is 51.5 Å². The fraction of sp³-hybridized carbons (Fsp3) is 0.482. The molecule has 2 aromatic carbocycles. The van der Waals surface area contributed by atoms with Gasteiger partial charge in [0, 0.05) is 139 Å². The molecule has 0 saturated carbocycles. The fourth-order valence-electron chi connectivity index (χ4n) is 9.28. The summed E-state index contributed by atoms with van der Waals surface area (Å²) >= 11 is 6.58. The number of thiazole rings is 2. The number of benzene rings is 2. The van der Waals surface area contributed by atoms with Crippen molar-refractivity contribution in [3.05, 3.63) is 69.4 Å². The van der Waals surface area contributed by atoms with Crippen molar-refractivity contribution >= 4 is 117 Å². The number of ether oxygens (including phenoxy) is 1. The van der Waals surface area contributed by atoms with E-state index in [1.165, 1.54) is 27.8 Å². The van der Waals surface area contributed by atoms with Gasteiger partial charge in [0.2, 0.25) is 29.5 Å². The summed E-state index contributed by atoms with van der Waals surface area (Å²) in [7, 11) is 0. The number of amides is 5. The van der Waals surface area contributed by atoms with E-state index in [1.54, 1.807) is 69.0 Å². The van der Waals surface area contributed by atoms with Gasteiger partial charge in [-0.25, -0.2) is 14.8 Å². The second kappa shape index (κ2) is 29.7. The van der Waals surface area contributed by atoms with Gasteiger partial charge in [-0.1, -0.05) is 38.1 Å². The minimum absolute atomic E-state index is 0.00361. The molecule has 4 aromatic heterocycles. The summed E-state index contributed by atoms with van der Waals surface area (Å²) in [6.45, 7) is 20.7. The number of rotatable bonds is 19. The molecule has 6 aromatic rings. The van der Waals surface area contributed by atoms with Gasteiger partial charge in [-0.3, -0.25) is 38.6 Å². The first-order valence-electron chi connectivity index (χ1n) is 26.8. The molecule has 438 valence electrons. The highest BCUT2D eigenvalue weighted by Crippen LogP contribution is 2.47. The maximum absolute atomic E-state index is 13.1. The molecule has 0 bridgehead atoms. The number of carbonyl (C=O) groups excluding carboxylic acids is 7. The minimum atomic E-state index is -5.09. The van der Waals surface area contributed by atoms with Crippen LogP contribution in [0.5, 0.6) is 0 Å². The number of nitrogens with zero attached hydrogens (tertiary/aromatic N) is 6. The normalized spacial score (nSPS) is 14.0. The fourth-order valence-corrected chi connectivity index (χ4v) is 14.1. The number of carbonyl (C=O) groups is 7. The van der Waals surface area contributed by atoms with Crippen LogP contribution in [0.3, 0.4) is 0 Å². The number of thiophene rings is 2. The largest absolute Gasteiger partial charge is 0.491 e. The number of nitrogens with two attached hydrogens (primary N) is 1. The Kier molecular flexibility index (Phi) is 23.4. The first-order chi connectivity index (χ1) is 38.5. The Hall–Kier alpha value is -6.22. The number of fused-ring (bicyclic) bond motifs is 4. The van der Waals surface area contributed by atoms with Crippen molar-refractivity contribution in [2.24, 2.45) is 5.73 Å². The Labute approximate surface area is 485 Å². The average molecular weight is 1200 g/mol. The predicted molar refractivity (Wildman–Crippen MR) is 315 cm³/mol. The molecule has 18 nitrogen and oxygen atoms in total. The molecule has 2 atom stereocenters. The summed E-state index contributed by atoms with van der Waals surface area (Å²) in [5.74, 6) is -3.96. The number of anilines is 2. The maximum atomic E-state index is 13.1. The van der Waals surface area contributed by atoms with Crippen LogP contribution >= 0.6 is 45.3 Å². The third kappa shape index (κ3) is 17.6. The van der Waals surface area contributed by atoms with Crippen LogP contribution in [0.15, 0.2) is 48.5 Å². The highest BCUT2D eigenvalue weighted by Gasteiger charge is 2.42. The Bertz CT molecular complexity index is 3130. The predicted octanol–water partition coefficient (Wildman–Crippen LogP) is 9.45. The van der Waals surface area contributed by atoms with E-state index >= 15 is 0 Å². The lowest BCUT2D eigenvalue weighted by Crippen LogP contribution is -2.38. The lowest BCUT2D eigenvalue weighted by atomic mass is 10.0. The zero-order valence-corrected chi connectivity index (χ0v) is 50.1. The SMILES string of the molecule is CC(=O)OC(=O)C(F)(F)F.CCC(C)N(CCC(=O)Nc1sc2c(c1-c1nc3ccccc3s1)CCN(CCN)C2)C(C)=O.CCC(C)N(CCC(=O)Nc1sc2c(c1-c1nc3ccccc3s1)CCN(CCNC(C)=O)C2)C(C)=O. The molecule has 6 heterocycles. The number of hydrogen-bond donors (Lipinski definition) is 4. The zero-order valence-electron chi connectivity index (χ0n) is 46.9. The maximum Gasteiger partial charge on any atom is 0.491 e. The van der Waals surface area contributed by atoms with Crippen LogP contribution in [-0.2, 0) is 64.2 Å². The number of hydrogen-bond acceptors (Lipinski definition) is 17. The summed E-state index contributed by atoms with van der Waals surface area (Å²) in [6.07, 6.45) is -1.09. The quantitative estimate of drug-likeness (QED) is 0.0438. The molecule has 0 fully saturated rings. The number of esters is 2. The van der Waals surface area contributed by atoms with Crippen molar-refractivity contribution in [3.8, 4) is 21.1 Å². The van der Waals surface area contributed by atoms with Crippen LogP contribution in [0.2, 0.25) is 0 Å². The number of para-hydroxylation sites is 2. The van der Waals surface area contributed by atoms with E-state index in [-0.39, 0.29) is 54.5 Å². The monoisotopic (exact) mass is 1200 g/mol. The molecule has 2 aliphatic rings. The van der Waals surface area contributed by atoms with Gasteiger partial charge in [0.1, 0.15) is 20.0 Å². The average Bonchev–Trinajstić information content (AvgIpc) is 4.24. The Morgan fingerprint density at radius 3 is 1.47 bits per heavy atom. The van der Waals surface area contributed by atoms with Crippen molar-refractivity contribution in [2.45, 2.75) is 125 Å². The Balaban J connectivity index is 0.000000224. The van der Waals surface area contributed by atoms with E-state index < -0.39 is 18.1 Å². The first kappa shape index (κ1) is 64.0. The molecule has 0 saturated heterocycles. The van der Waals surface area contributed by atoms with Gasteiger partial charge in [0.05, 0.1) is 20.4 Å². The van der Waals surface area contributed by atoms with Gasteiger partial charge < -0.3 is 36.2 Å². The number of halogens is 3. The summed E-state index contributed by atoms with van der Waals surface area (Å²) in [5.41, 5.74) is 12.4. The van der Waals surface area contributed by atoms with Crippen LogP contribution < -0.4 is 21.7 Å². The van der Waals surface area contributed by atoms with Gasteiger partial charge in [0.25, 0.3) is 0 Å². The molecule has 0 radical (unpaired) electrons. The van der Waals surface area contributed by atoms with Gasteiger partial charge in [-0.15, -0.1) is 45.3 Å². The topological polar surface area (TPSA) is 230 Å². The van der Waals surface area contributed by atoms with Crippen LogP contribution in [-0.4, -0.2) is 142 Å². The number of aromatic nitrogens is 2. The van der Waals surface area contributed by atoms with Crippen LogP contribution in [0.25, 0.3) is 41.6 Å². The molecule has 5 N–H and O–H groups in total. The van der Waals surface area contributed by atoms with Crippen molar-refractivity contribution in [3.63, 3.8) is 0 Å². The lowest BCUT2D eigenvalue weighted by molar-refractivity contribution is -0.201. The smallest absolute Gasteiger partial charge is 0.387 e. The van der Waals surface area contributed by atoms with Gasteiger partial charge in [-0.05, 0) is 74.9 Å². The van der Waals surface area contributed by atoms with Gasteiger partial charge in [0.15, 0.2) is 0 Å². The Morgan fingerprint density at radius 1 is 0.679 bits per heavy atom. The van der Waals surface area contributed by atoms with Crippen molar-refractivity contribution in [1.82, 2.24) is 34.9 Å². The Morgan fingerprint density at radius 2 is 1.11 bits per heavy atom. The van der Waals surface area contributed by atoms with E-state index in [9.17, 15) is 46.7 Å². The molecular formula is C56H71F3N10O8S4. The summed E-state index contributed by atoms with van der Waals surface area (Å²) < 4.78 is 39.0. The molecule has 81 heavy (non-hydrogen) atoms. The summed E-state index contributed by atoms with van der Waals surface area (Å²) in [5, 5.41) is 12.8. The molecule has 25 heteroatoms. The number of alkyl halides is 3. The third-order valence-electron chi connectivity index (χ3n) is 13.7. The van der Waals surface area contributed by atoms with Crippen LogP contribution in [0.4, 0.5) is 23.2 Å². The van der Waals surface area contributed by atoms with Crippen molar-refractivity contribution in [2.75, 3.05) is 63.0 Å². The van der Waals surface area contributed by atoms with Crippen LogP contribution in [0.1, 0.15) is 102 Å². The molecule has 0 aliphatic carbocycles. The second-order valence-corrected chi connectivity index (χ2v) is 23.9. The van der Waals surface area contributed by atoms with Gasteiger partial charge in [-0.2, -0.15) is 13.2 Å². The molecular weight excluding hydrogens is 1130 g/mol. The van der Waals surface area contributed by atoms with Crippen LogP contribution in [0, 0.1) is 0 Å². The third-order valence-corrected chi connectivity index (χ3v) is 18.1. The zero-order chi connectivity index (χ0) is 59.1. The highest BCUT2D eigenvalue weighted by molar-refractivity contribution is 7.23. The summed E-state index contributed by atoms with van der Waals surface area (Å²) in [6, 6.07) is 16.4. The highest BCUT2D eigenvalue weighted by atomic mass is 32.1. The molecule has 0 spiro atoms. The summed E-state index contributed by atoms with van der Waals surface area (Å²) in [4.78, 5) is 101. The van der Waals surface area contributed by atoms with Crippen molar-refractivity contribution in [1.29, 1.82) is 0 Å². The van der Waals surface area contributed by atoms with E-state index in [1.807, 2.05) is 57.2 Å². The minimum Gasteiger partial charge on any atom is -0.387 e. The van der Waals surface area contributed by atoms with E-state index in [2.05, 4.69) is 49.5 Å². The molecule has 5 amide bonds. The van der Waals surface area contributed by atoms with E-state index in [0.717, 1.165) is 117 Å². The number of nitrogens with one attached hydrogen (secondary N) is 3. The van der Waals surface area contributed by atoms with E-state index in [0.29, 0.717) is 33.1 Å². The first-order valence-corrected chi connectivity index (χ1v) is 30.1. The van der Waals surface area contributed by atoms with E-state index in [4.69, 9.17) is 15.7 Å².